The molecule has 0 amide bonds. The molecule has 1 aromatic heterocycles. The summed E-state index contributed by atoms with van der Waals surface area (Å²) in [4.78, 5) is 11.0. The van der Waals surface area contributed by atoms with Crippen LogP contribution in [0.15, 0.2) is 17.1 Å². The zero-order valence-electron chi connectivity index (χ0n) is 6.51. The number of H-pyrrole nitrogens is 1. The van der Waals surface area contributed by atoms with E-state index in [1.807, 2.05) is 20.8 Å². The smallest absolute Gasteiger partial charge is 0.266 e. The van der Waals surface area contributed by atoms with Crippen molar-refractivity contribution in [3.8, 4) is 0 Å². The zero-order valence-corrected chi connectivity index (χ0v) is 6.51. The van der Waals surface area contributed by atoms with Gasteiger partial charge in [-0.2, -0.15) is 0 Å². The second-order valence-corrected chi connectivity index (χ2v) is 3.31. The van der Waals surface area contributed by atoms with Crippen molar-refractivity contribution in [2.75, 3.05) is 0 Å². The molecule has 1 rings (SSSR count). The maximum absolute atomic E-state index is 11.0. The summed E-state index contributed by atoms with van der Waals surface area (Å²) in [6.45, 7) is 5.93. The Kier molecular flexibility index (Phi) is 1.43. The van der Waals surface area contributed by atoms with Gasteiger partial charge in [0.25, 0.3) is 5.56 Å². The van der Waals surface area contributed by atoms with Crippen molar-refractivity contribution in [3.63, 3.8) is 0 Å². The molecule has 0 atom stereocenters. The molecule has 3 nitrogen and oxygen atoms in total. The van der Waals surface area contributed by atoms with E-state index in [9.17, 15) is 4.79 Å². The lowest BCUT2D eigenvalue weighted by atomic mass is 10.1. The molecule has 0 spiro atoms. The molecule has 10 heavy (non-hydrogen) atoms. The number of nitrogens with zero attached hydrogens (tertiary/aromatic N) is 1. The van der Waals surface area contributed by atoms with Gasteiger partial charge in [0.2, 0.25) is 0 Å². The number of aromatic amines is 1. The lowest BCUT2D eigenvalue weighted by molar-refractivity contribution is 0.345. The fourth-order valence-corrected chi connectivity index (χ4v) is 0.845. The summed E-state index contributed by atoms with van der Waals surface area (Å²) < 4.78 is 1.59. The molecule has 0 aliphatic heterocycles. The van der Waals surface area contributed by atoms with E-state index < -0.39 is 0 Å². The van der Waals surface area contributed by atoms with Crippen molar-refractivity contribution in [3.05, 3.63) is 22.6 Å². The summed E-state index contributed by atoms with van der Waals surface area (Å²) in [5, 5.41) is 2.85. The first kappa shape index (κ1) is 7.12. The molecule has 0 aliphatic rings. The standard InChI is InChI=1S/C7H12N2O/c1-7(2,3)9-6(10)4-5-8-9/h4-5,8H,1-3H3. The lowest BCUT2D eigenvalue weighted by Gasteiger charge is -2.18. The maximum Gasteiger partial charge on any atom is 0.266 e. The van der Waals surface area contributed by atoms with Gasteiger partial charge in [-0.3, -0.25) is 4.79 Å². The van der Waals surface area contributed by atoms with Crippen LogP contribution in [-0.2, 0) is 5.54 Å². The molecule has 0 saturated heterocycles. The molecule has 0 aliphatic carbocycles. The van der Waals surface area contributed by atoms with Crippen molar-refractivity contribution < 1.29 is 0 Å². The molecule has 56 valence electrons. The number of rotatable bonds is 0. The highest BCUT2D eigenvalue weighted by Crippen LogP contribution is 2.07. The van der Waals surface area contributed by atoms with Crippen LogP contribution in [0.4, 0.5) is 0 Å². The van der Waals surface area contributed by atoms with Crippen molar-refractivity contribution in [2.24, 2.45) is 0 Å². The van der Waals surface area contributed by atoms with Crippen molar-refractivity contribution in [1.82, 2.24) is 9.78 Å². The first-order valence-corrected chi connectivity index (χ1v) is 3.29. The summed E-state index contributed by atoms with van der Waals surface area (Å²) >= 11 is 0. The van der Waals surface area contributed by atoms with Gasteiger partial charge in [-0.05, 0) is 20.8 Å². The number of hydrogen-bond acceptors (Lipinski definition) is 1. The van der Waals surface area contributed by atoms with Crippen LogP contribution in [0.5, 0.6) is 0 Å². The molecule has 0 unspecified atom stereocenters. The van der Waals surface area contributed by atoms with E-state index in [2.05, 4.69) is 5.10 Å². The third kappa shape index (κ3) is 1.12. The lowest BCUT2D eigenvalue weighted by Crippen LogP contribution is -2.31. The largest absolute Gasteiger partial charge is 0.302 e. The van der Waals surface area contributed by atoms with Crippen LogP contribution in [0.1, 0.15) is 20.8 Å². The van der Waals surface area contributed by atoms with Gasteiger partial charge in [-0.15, -0.1) is 0 Å². The first-order chi connectivity index (χ1) is 4.52. The van der Waals surface area contributed by atoms with Gasteiger partial charge >= 0.3 is 0 Å². The molecule has 1 aromatic rings. The van der Waals surface area contributed by atoms with E-state index in [4.69, 9.17) is 0 Å². The van der Waals surface area contributed by atoms with Gasteiger partial charge < -0.3 is 5.10 Å². The summed E-state index contributed by atoms with van der Waals surface area (Å²) in [6, 6.07) is 1.52. The Hall–Kier alpha value is -0.990. The van der Waals surface area contributed by atoms with Gasteiger partial charge in [0.05, 0.1) is 5.54 Å². The van der Waals surface area contributed by atoms with Gasteiger partial charge in [0.15, 0.2) is 0 Å². The fourth-order valence-electron chi connectivity index (χ4n) is 0.845. The Labute approximate surface area is 59.7 Å². The normalized spacial score (nSPS) is 11.9. The molecule has 1 heterocycles. The van der Waals surface area contributed by atoms with E-state index in [0.717, 1.165) is 0 Å². The van der Waals surface area contributed by atoms with Crippen LogP contribution in [0, 0.1) is 0 Å². The van der Waals surface area contributed by atoms with E-state index in [0.29, 0.717) is 0 Å². The van der Waals surface area contributed by atoms with E-state index in [-0.39, 0.29) is 11.1 Å². The Morgan fingerprint density at radius 3 is 2.30 bits per heavy atom. The van der Waals surface area contributed by atoms with Crippen LogP contribution in [-0.4, -0.2) is 9.78 Å². The van der Waals surface area contributed by atoms with Crippen LogP contribution in [0.3, 0.4) is 0 Å². The first-order valence-electron chi connectivity index (χ1n) is 3.29. The molecule has 0 fully saturated rings. The third-order valence-corrected chi connectivity index (χ3v) is 1.32. The average Bonchev–Trinajstić information content (AvgIpc) is 2.11. The van der Waals surface area contributed by atoms with Gasteiger partial charge in [0, 0.05) is 12.3 Å². The van der Waals surface area contributed by atoms with Crippen LogP contribution >= 0.6 is 0 Å². The topological polar surface area (TPSA) is 37.8 Å². The molecular formula is C7H12N2O. The zero-order chi connectivity index (χ0) is 7.78. The maximum atomic E-state index is 11.0. The summed E-state index contributed by atoms with van der Waals surface area (Å²) in [7, 11) is 0. The Morgan fingerprint density at radius 2 is 2.10 bits per heavy atom. The second kappa shape index (κ2) is 2.01. The average molecular weight is 140 g/mol. The Balaban J connectivity index is 3.18. The van der Waals surface area contributed by atoms with Gasteiger partial charge in [-0.25, -0.2) is 4.68 Å². The number of aromatic nitrogens is 2. The molecule has 0 radical (unpaired) electrons. The van der Waals surface area contributed by atoms with E-state index in [1.165, 1.54) is 6.07 Å². The highest BCUT2D eigenvalue weighted by molar-refractivity contribution is 4.85. The second-order valence-electron chi connectivity index (χ2n) is 3.31. The monoisotopic (exact) mass is 140 g/mol. The Morgan fingerprint density at radius 1 is 1.50 bits per heavy atom. The van der Waals surface area contributed by atoms with Crippen molar-refractivity contribution in [2.45, 2.75) is 26.3 Å². The summed E-state index contributed by atoms with van der Waals surface area (Å²) in [5.74, 6) is 0. The Bertz CT molecular complexity index is 264. The third-order valence-electron chi connectivity index (χ3n) is 1.32. The van der Waals surface area contributed by atoms with Crippen LogP contribution in [0.25, 0.3) is 0 Å². The minimum Gasteiger partial charge on any atom is -0.302 e. The molecule has 1 N–H and O–H groups in total. The van der Waals surface area contributed by atoms with Crippen molar-refractivity contribution >= 4 is 0 Å². The SMILES string of the molecule is CC(C)(C)n1[nH]ccc1=O. The van der Waals surface area contributed by atoms with Crippen molar-refractivity contribution in [1.29, 1.82) is 0 Å². The van der Waals surface area contributed by atoms with Crippen LogP contribution in [0.2, 0.25) is 0 Å². The number of hydrogen-bond donors (Lipinski definition) is 1. The molecular weight excluding hydrogens is 128 g/mol. The predicted molar refractivity (Wildman–Crippen MR) is 40.0 cm³/mol. The molecule has 0 saturated carbocycles. The van der Waals surface area contributed by atoms with Crippen LogP contribution < -0.4 is 5.56 Å². The minimum atomic E-state index is -0.138. The summed E-state index contributed by atoms with van der Waals surface area (Å²) in [6.07, 6.45) is 1.65. The van der Waals surface area contributed by atoms with E-state index in [1.54, 1.807) is 10.9 Å². The molecule has 0 bridgehead atoms. The quantitative estimate of drug-likeness (QED) is 0.572. The molecule has 3 heteroatoms. The van der Waals surface area contributed by atoms with Gasteiger partial charge in [-0.1, -0.05) is 0 Å². The van der Waals surface area contributed by atoms with E-state index >= 15 is 0 Å². The predicted octanol–water partition coefficient (Wildman–Crippen LogP) is 0.931. The van der Waals surface area contributed by atoms with Gasteiger partial charge in [0.1, 0.15) is 0 Å². The fraction of sp³-hybridized carbons (Fsp3) is 0.571. The number of nitrogens with one attached hydrogen (secondary N) is 1. The summed E-state index contributed by atoms with van der Waals surface area (Å²) in [5.41, 5.74) is -0.117. The highest BCUT2D eigenvalue weighted by Gasteiger charge is 2.13. The highest BCUT2D eigenvalue weighted by atomic mass is 16.1. The minimum absolute atomic E-state index is 0.0208. The molecule has 0 aromatic carbocycles.